The van der Waals surface area contributed by atoms with Crippen LogP contribution in [0.4, 0.5) is 0 Å². The van der Waals surface area contributed by atoms with E-state index in [0.29, 0.717) is 0 Å². The number of nitrogens with one attached hydrogen (secondary N) is 1. The van der Waals surface area contributed by atoms with E-state index in [1.807, 2.05) is 0 Å². The van der Waals surface area contributed by atoms with Gasteiger partial charge in [0, 0.05) is 11.9 Å². The van der Waals surface area contributed by atoms with Crippen LogP contribution in [-0.4, -0.2) is 0 Å². The minimum absolute atomic E-state index is 0.815. The molecular weight excluding hydrogens is 182 g/mol. The Hall–Kier alpha value is -0.980. The fourth-order valence-electron chi connectivity index (χ4n) is 2.63. The van der Waals surface area contributed by atoms with Crippen LogP contribution in [-0.2, 0) is 0 Å². The number of hydrogen-bond acceptors (Lipinski definition) is 1. The van der Waals surface area contributed by atoms with Crippen molar-refractivity contribution in [1.82, 2.24) is 5.32 Å². The molecule has 0 spiro atoms. The van der Waals surface area contributed by atoms with Crippen LogP contribution in [0, 0.1) is 5.92 Å². The van der Waals surface area contributed by atoms with Crippen molar-refractivity contribution >= 4 is 0 Å². The highest BCUT2D eigenvalue weighted by Crippen LogP contribution is 2.34. The van der Waals surface area contributed by atoms with Crippen LogP contribution in [0.25, 0.3) is 0 Å². The maximum Gasteiger partial charge on any atom is 0.0181 e. The summed E-state index contributed by atoms with van der Waals surface area (Å²) in [6.07, 6.45) is 16.6. The van der Waals surface area contributed by atoms with Crippen molar-refractivity contribution in [3.8, 4) is 0 Å². The molecule has 82 valence electrons. The first kappa shape index (κ1) is 10.5. The first-order valence-corrected chi connectivity index (χ1v) is 6.24. The van der Waals surface area contributed by atoms with Crippen molar-refractivity contribution in [2.75, 3.05) is 0 Å². The van der Waals surface area contributed by atoms with E-state index in [-0.39, 0.29) is 0 Å². The van der Waals surface area contributed by atoms with E-state index in [1.165, 1.54) is 44.2 Å². The van der Waals surface area contributed by atoms with Crippen LogP contribution in [0.15, 0.2) is 35.7 Å². The Morgan fingerprint density at radius 2 is 2.07 bits per heavy atom. The van der Waals surface area contributed by atoms with Crippen LogP contribution in [0.3, 0.4) is 0 Å². The average molecular weight is 203 g/mol. The summed E-state index contributed by atoms with van der Waals surface area (Å²) in [7, 11) is 0. The van der Waals surface area contributed by atoms with E-state index >= 15 is 0 Å². The molecule has 0 amide bonds. The molecule has 1 heteroatoms. The van der Waals surface area contributed by atoms with E-state index in [2.05, 4.69) is 36.7 Å². The highest BCUT2D eigenvalue weighted by atomic mass is 14.9. The SMILES string of the molecule is CCCC1=C(C2CCCC2)C=CC=CN1. The Balaban J connectivity index is 2.20. The molecule has 2 rings (SSSR count). The van der Waals surface area contributed by atoms with Gasteiger partial charge < -0.3 is 5.32 Å². The van der Waals surface area contributed by atoms with Gasteiger partial charge >= 0.3 is 0 Å². The Morgan fingerprint density at radius 3 is 2.80 bits per heavy atom. The topological polar surface area (TPSA) is 12.0 Å². The van der Waals surface area contributed by atoms with Crippen molar-refractivity contribution in [2.45, 2.75) is 45.4 Å². The van der Waals surface area contributed by atoms with Crippen LogP contribution in [0.5, 0.6) is 0 Å². The fourth-order valence-corrected chi connectivity index (χ4v) is 2.63. The first-order valence-electron chi connectivity index (χ1n) is 6.24. The summed E-state index contributed by atoms with van der Waals surface area (Å²) >= 11 is 0. The molecule has 1 aliphatic heterocycles. The highest BCUT2D eigenvalue weighted by molar-refractivity contribution is 5.33. The molecule has 1 saturated carbocycles. The van der Waals surface area contributed by atoms with Crippen molar-refractivity contribution in [2.24, 2.45) is 5.92 Å². The van der Waals surface area contributed by atoms with Crippen LogP contribution in [0.1, 0.15) is 45.4 Å². The summed E-state index contributed by atoms with van der Waals surface area (Å²) in [5, 5.41) is 3.45. The van der Waals surface area contributed by atoms with Gasteiger partial charge in [-0.15, -0.1) is 0 Å². The number of allylic oxidation sites excluding steroid dienone is 5. The van der Waals surface area contributed by atoms with E-state index in [1.54, 1.807) is 5.57 Å². The van der Waals surface area contributed by atoms with Gasteiger partial charge in [-0.2, -0.15) is 0 Å². The van der Waals surface area contributed by atoms with Crippen molar-refractivity contribution in [1.29, 1.82) is 0 Å². The molecule has 1 N–H and O–H groups in total. The zero-order valence-corrected chi connectivity index (χ0v) is 9.63. The maximum atomic E-state index is 3.45. The molecule has 1 fully saturated rings. The molecule has 0 unspecified atom stereocenters. The lowest BCUT2D eigenvalue weighted by atomic mass is 9.94. The molecular formula is C14H21N. The van der Waals surface area contributed by atoms with Crippen molar-refractivity contribution < 1.29 is 0 Å². The van der Waals surface area contributed by atoms with Crippen molar-refractivity contribution in [3.05, 3.63) is 35.7 Å². The maximum absolute atomic E-state index is 3.45. The highest BCUT2D eigenvalue weighted by Gasteiger charge is 2.20. The van der Waals surface area contributed by atoms with Crippen LogP contribution >= 0.6 is 0 Å². The molecule has 0 aromatic heterocycles. The Bertz CT molecular complexity index is 290. The second-order valence-electron chi connectivity index (χ2n) is 4.53. The minimum Gasteiger partial charge on any atom is -0.365 e. The summed E-state index contributed by atoms with van der Waals surface area (Å²) in [5.74, 6) is 0.815. The third-order valence-electron chi connectivity index (χ3n) is 3.38. The molecule has 1 aliphatic carbocycles. The molecule has 2 aliphatic rings. The van der Waals surface area contributed by atoms with Gasteiger partial charge in [-0.25, -0.2) is 0 Å². The van der Waals surface area contributed by atoms with Gasteiger partial charge in [-0.05, 0) is 36.8 Å². The second-order valence-corrected chi connectivity index (χ2v) is 4.53. The summed E-state index contributed by atoms with van der Waals surface area (Å²) < 4.78 is 0. The van der Waals surface area contributed by atoms with E-state index in [4.69, 9.17) is 0 Å². The largest absolute Gasteiger partial charge is 0.365 e. The lowest BCUT2D eigenvalue weighted by Crippen LogP contribution is -2.10. The molecule has 0 aromatic rings. The molecule has 0 saturated heterocycles. The van der Waals surface area contributed by atoms with Gasteiger partial charge in [-0.3, -0.25) is 0 Å². The van der Waals surface area contributed by atoms with Gasteiger partial charge in [0.05, 0.1) is 0 Å². The van der Waals surface area contributed by atoms with Gasteiger partial charge in [0.1, 0.15) is 0 Å². The van der Waals surface area contributed by atoms with Crippen LogP contribution in [0.2, 0.25) is 0 Å². The Morgan fingerprint density at radius 1 is 1.27 bits per heavy atom. The average Bonchev–Trinajstić information content (AvgIpc) is 2.67. The van der Waals surface area contributed by atoms with Crippen molar-refractivity contribution in [3.63, 3.8) is 0 Å². The predicted molar refractivity (Wildman–Crippen MR) is 65.3 cm³/mol. The van der Waals surface area contributed by atoms with E-state index < -0.39 is 0 Å². The molecule has 1 heterocycles. The Labute approximate surface area is 93.0 Å². The molecule has 1 nitrogen and oxygen atoms in total. The zero-order chi connectivity index (χ0) is 10.5. The monoisotopic (exact) mass is 203 g/mol. The molecule has 0 atom stereocenters. The van der Waals surface area contributed by atoms with Gasteiger partial charge in [0.15, 0.2) is 0 Å². The standard InChI is InChI=1S/C14H21N/c1-2-7-14-13(10-5-6-11-15-14)12-8-3-4-9-12/h5-6,10-12,15H,2-4,7-9H2,1H3. The Kier molecular flexibility index (Phi) is 3.65. The number of rotatable bonds is 3. The fraction of sp³-hybridized carbons (Fsp3) is 0.571. The first-order chi connectivity index (χ1) is 7.42. The molecule has 0 radical (unpaired) electrons. The smallest absolute Gasteiger partial charge is 0.0181 e. The van der Waals surface area contributed by atoms with Crippen LogP contribution < -0.4 is 5.32 Å². The summed E-state index contributed by atoms with van der Waals surface area (Å²) in [6, 6.07) is 0. The summed E-state index contributed by atoms with van der Waals surface area (Å²) in [4.78, 5) is 0. The van der Waals surface area contributed by atoms with E-state index in [9.17, 15) is 0 Å². The third-order valence-corrected chi connectivity index (χ3v) is 3.38. The molecule has 0 aromatic carbocycles. The van der Waals surface area contributed by atoms with Gasteiger partial charge in [0.2, 0.25) is 0 Å². The normalized spacial score (nSPS) is 21.9. The number of hydrogen-bond donors (Lipinski definition) is 1. The summed E-state index contributed by atoms with van der Waals surface area (Å²) in [5.41, 5.74) is 3.02. The lowest BCUT2D eigenvalue weighted by molar-refractivity contribution is 0.635. The quantitative estimate of drug-likeness (QED) is 0.733. The predicted octanol–water partition coefficient (Wildman–Crippen LogP) is 3.90. The van der Waals surface area contributed by atoms with Gasteiger partial charge in [0.25, 0.3) is 0 Å². The molecule has 15 heavy (non-hydrogen) atoms. The lowest BCUT2D eigenvalue weighted by Gasteiger charge is -2.16. The van der Waals surface area contributed by atoms with E-state index in [0.717, 1.165) is 5.92 Å². The minimum atomic E-state index is 0.815. The zero-order valence-electron chi connectivity index (χ0n) is 9.63. The second kappa shape index (κ2) is 5.20. The summed E-state index contributed by atoms with van der Waals surface area (Å²) in [6.45, 7) is 2.25. The molecule has 0 bridgehead atoms. The third kappa shape index (κ3) is 2.53. The van der Waals surface area contributed by atoms with Gasteiger partial charge in [-0.1, -0.05) is 38.3 Å².